The number of H-pyrrole nitrogens is 1. The number of fused-ring (bicyclic) bond motifs is 1. The van der Waals surface area contributed by atoms with E-state index in [0.717, 1.165) is 21.5 Å². The number of aromatic amines is 1. The SMILES string of the molecule is CSc1ccc(C(=O)CCC(=O)OCC(=O)c2c(C)[nH]c3ccccc23)cc1. The number of aryl methyl sites for hydroxylation is 1. The lowest BCUT2D eigenvalue weighted by molar-refractivity contribution is -0.142. The first-order valence-corrected chi connectivity index (χ1v) is 10.2. The van der Waals surface area contributed by atoms with Crippen molar-refractivity contribution in [2.75, 3.05) is 12.9 Å². The highest BCUT2D eigenvalue weighted by atomic mass is 32.2. The van der Waals surface area contributed by atoms with Crippen molar-refractivity contribution in [1.29, 1.82) is 0 Å². The van der Waals surface area contributed by atoms with Gasteiger partial charge in [0, 0.05) is 39.0 Å². The van der Waals surface area contributed by atoms with Crippen LogP contribution in [0.3, 0.4) is 0 Å². The Bertz CT molecular complexity index is 1020. The average molecular weight is 395 g/mol. The predicted octanol–water partition coefficient (Wildman–Crippen LogP) is 4.59. The number of carbonyl (C=O) groups excluding carboxylic acids is 3. The number of hydrogen-bond acceptors (Lipinski definition) is 5. The van der Waals surface area contributed by atoms with Crippen LogP contribution in [0, 0.1) is 6.92 Å². The second-order valence-electron chi connectivity index (χ2n) is 6.41. The fourth-order valence-electron chi connectivity index (χ4n) is 3.06. The van der Waals surface area contributed by atoms with Crippen molar-refractivity contribution < 1.29 is 19.1 Å². The van der Waals surface area contributed by atoms with Gasteiger partial charge in [-0.3, -0.25) is 14.4 Å². The fourth-order valence-corrected chi connectivity index (χ4v) is 3.47. The minimum Gasteiger partial charge on any atom is -0.457 e. The number of hydrogen-bond donors (Lipinski definition) is 1. The summed E-state index contributed by atoms with van der Waals surface area (Å²) in [6.45, 7) is 1.48. The van der Waals surface area contributed by atoms with E-state index in [4.69, 9.17) is 4.74 Å². The van der Waals surface area contributed by atoms with Crippen molar-refractivity contribution in [3.05, 3.63) is 65.4 Å². The number of aromatic nitrogens is 1. The molecule has 3 rings (SSSR count). The number of Topliss-reactive ketones (excluding diaryl/α,β-unsaturated/α-hetero) is 2. The second kappa shape index (κ2) is 8.89. The molecule has 0 aliphatic carbocycles. The Kier molecular flexibility index (Phi) is 6.31. The molecule has 0 fully saturated rings. The largest absolute Gasteiger partial charge is 0.457 e. The Balaban J connectivity index is 1.53. The summed E-state index contributed by atoms with van der Waals surface area (Å²) < 4.78 is 5.10. The Labute approximate surface area is 167 Å². The molecule has 0 bridgehead atoms. The molecule has 0 unspecified atom stereocenters. The van der Waals surface area contributed by atoms with Gasteiger partial charge in [-0.05, 0) is 31.4 Å². The molecule has 0 aliphatic heterocycles. The van der Waals surface area contributed by atoms with E-state index in [1.54, 1.807) is 23.9 Å². The Morgan fingerprint density at radius 1 is 0.964 bits per heavy atom. The van der Waals surface area contributed by atoms with Gasteiger partial charge >= 0.3 is 5.97 Å². The number of rotatable bonds is 8. The van der Waals surface area contributed by atoms with E-state index in [9.17, 15) is 14.4 Å². The molecule has 0 spiro atoms. The van der Waals surface area contributed by atoms with Crippen LogP contribution in [0.1, 0.15) is 39.3 Å². The maximum atomic E-state index is 12.5. The van der Waals surface area contributed by atoms with Gasteiger partial charge in [0.1, 0.15) is 0 Å². The molecule has 0 amide bonds. The Hall–Kier alpha value is -2.86. The summed E-state index contributed by atoms with van der Waals surface area (Å²) in [6.07, 6.45) is 1.97. The van der Waals surface area contributed by atoms with Gasteiger partial charge in [-0.25, -0.2) is 0 Å². The number of esters is 1. The van der Waals surface area contributed by atoms with E-state index < -0.39 is 5.97 Å². The zero-order chi connectivity index (χ0) is 20.1. The number of nitrogens with one attached hydrogen (secondary N) is 1. The third-order valence-electron chi connectivity index (χ3n) is 4.50. The third kappa shape index (κ3) is 4.51. The van der Waals surface area contributed by atoms with Gasteiger partial charge in [-0.15, -0.1) is 11.8 Å². The van der Waals surface area contributed by atoms with Gasteiger partial charge in [-0.1, -0.05) is 30.3 Å². The standard InChI is InChI=1S/C22H21NO4S/c1-14-22(17-5-3-4-6-18(17)23-14)20(25)13-27-21(26)12-11-19(24)15-7-9-16(28-2)10-8-15/h3-10,23H,11-13H2,1-2H3. The van der Waals surface area contributed by atoms with Crippen molar-refractivity contribution in [3.63, 3.8) is 0 Å². The minimum atomic E-state index is -0.556. The minimum absolute atomic E-state index is 0.0523. The molecule has 3 aromatic rings. The highest BCUT2D eigenvalue weighted by Crippen LogP contribution is 2.22. The van der Waals surface area contributed by atoms with Crippen LogP contribution in [-0.2, 0) is 9.53 Å². The van der Waals surface area contributed by atoms with Crippen molar-refractivity contribution >= 4 is 40.2 Å². The van der Waals surface area contributed by atoms with E-state index >= 15 is 0 Å². The number of benzene rings is 2. The zero-order valence-electron chi connectivity index (χ0n) is 15.8. The van der Waals surface area contributed by atoms with Crippen LogP contribution in [0.5, 0.6) is 0 Å². The third-order valence-corrected chi connectivity index (χ3v) is 5.25. The maximum Gasteiger partial charge on any atom is 0.306 e. The molecular weight excluding hydrogens is 374 g/mol. The number of ether oxygens (including phenoxy) is 1. The summed E-state index contributed by atoms with van der Waals surface area (Å²) >= 11 is 1.60. The molecule has 1 aromatic heterocycles. The zero-order valence-corrected chi connectivity index (χ0v) is 16.6. The van der Waals surface area contributed by atoms with E-state index in [1.807, 2.05) is 49.6 Å². The van der Waals surface area contributed by atoms with Gasteiger partial charge in [-0.2, -0.15) is 0 Å². The van der Waals surface area contributed by atoms with Crippen molar-refractivity contribution in [1.82, 2.24) is 4.98 Å². The van der Waals surface area contributed by atoms with Crippen molar-refractivity contribution in [2.24, 2.45) is 0 Å². The molecule has 0 aliphatic rings. The molecule has 144 valence electrons. The van der Waals surface area contributed by atoms with Crippen LogP contribution in [0.15, 0.2) is 53.4 Å². The molecule has 0 saturated carbocycles. The van der Waals surface area contributed by atoms with Crippen molar-refractivity contribution in [2.45, 2.75) is 24.7 Å². The lowest BCUT2D eigenvalue weighted by Crippen LogP contribution is -2.15. The summed E-state index contributed by atoms with van der Waals surface area (Å²) in [6, 6.07) is 14.7. The van der Waals surface area contributed by atoms with Gasteiger partial charge in [0.05, 0.1) is 6.42 Å². The second-order valence-corrected chi connectivity index (χ2v) is 7.29. The first-order valence-electron chi connectivity index (χ1n) is 8.93. The van der Waals surface area contributed by atoms with E-state index in [0.29, 0.717) is 11.1 Å². The van der Waals surface area contributed by atoms with Crippen LogP contribution in [-0.4, -0.2) is 35.4 Å². The molecule has 5 nitrogen and oxygen atoms in total. The summed E-state index contributed by atoms with van der Waals surface area (Å²) in [5, 5.41) is 0.810. The molecule has 0 atom stereocenters. The van der Waals surface area contributed by atoms with Gasteiger partial charge in [0.15, 0.2) is 12.4 Å². The van der Waals surface area contributed by atoms with Crippen LogP contribution >= 0.6 is 11.8 Å². The highest BCUT2D eigenvalue weighted by molar-refractivity contribution is 7.98. The van der Waals surface area contributed by atoms with E-state index in [2.05, 4.69) is 4.98 Å². The average Bonchev–Trinajstić information content (AvgIpc) is 3.06. The lowest BCUT2D eigenvalue weighted by atomic mass is 10.1. The van der Waals surface area contributed by atoms with Crippen LogP contribution in [0.2, 0.25) is 0 Å². The van der Waals surface area contributed by atoms with Crippen LogP contribution in [0.25, 0.3) is 10.9 Å². The number of carbonyl (C=O) groups is 3. The normalized spacial score (nSPS) is 10.8. The Morgan fingerprint density at radius 2 is 1.68 bits per heavy atom. The number of para-hydroxylation sites is 1. The summed E-state index contributed by atoms with van der Waals surface area (Å²) in [7, 11) is 0. The molecule has 2 aromatic carbocycles. The molecule has 0 radical (unpaired) electrons. The highest BCUT2D eigenvalue weighted by Gasteiger charge is 2.18. The molecular formula is C22H21NO4S. The summed E-state index contributed by atoms with van der Waals surface area (Å²) in [4.78, 5) is 40.9. The maximum absolute atomic E-state index is 12.5. The Morgan fingerprint density at radius 3 is 2.39 bits per heavy atom. The number of thioether (sulfide) groups is 1. The van der Waals surface area contributed by atoms with Crippen LogP contribution < -0.4 is 0 Å². The summed E-state index contributed by atoms with van der Waals surface area (Å²) in [5.74, 6) is -0.939. The van der Waals surface area contributed by atoms with Crippen molar-refractivity contribution in [3.8, 4) is 0 Å². The monoisotopic (exact) mass is 395 g/mol. The molecule has 1 heterocycles. The van der Waals surface area contributed by atoms with E-state index in [1.165, 1.54) is 0 Å². The molecule has 0 saturated heterocycles. The van der Waals surface area contributed by atoms with Gasteiger partial charge < -0.3 is 9.72 Å². The first kappa shape index (κ1) is 19.9. The predicted molar refractivity (Wildman–Crippen MR) is 110 cm³/mol. The molecule has 28 heavy (non-hydrogen) atoms. The first-order chi connectivity index (χ1) is 13.5. The molecule has 6 heteroatoms. The lowest BCUT2D eigenvalue weighted by Gasteiger charge is -2.05. The van der Waals surface area contributed by atoms with Gasteiger partial charge in [0.2, 0.25) is 5.78 Å². The quantitative estimate of drug-likeness (QED) is 0.343. The van der Waals surface area contributed by atoms with E-state index in [-0.39, 0.29) is 31.0 Å². The fraction of sp³-hybridized carbons (Fsp3) is 0.227. The molecule has 1 N–H and O–H groups in total. The topological polar surface area (TPSA) is 76.2 Å². The smallest absolute Gasteiger partial charge is 0.306 e. The summed E-state index contributed by atoms with van der Waals surface area (Å²) in [5.41, 5.74) is 2.71. The number of ketones is 2. The van der Waals surface area contributed by atoms with Crippen LogP contribution in [0.4, 0.5) is 0 Å². The van der Waals surface area contributed by atoms with Gasteiger partial charge in [0.25, 0.3) is 0 Å².